The minimum absolute atomic E-state index is 0.192. The highest BCUT2D eigenvalue weighted by atomic mass is 32.2. The molecule has 0 aliphatic rings. The molecule has 98 valence electrons. The molecule has 0 fully saturated rings. The van der Waals surface area contributed by atoms with E-state index in [-0.39, 0.29) is 11.6 Å². The summed E-state index contributed by atoms with van der Waals surface area (Å²) in [7, 11) is 0. The van der Waals surface area contributed by atoms with E-state index in [2.05, 4.69) is 10.6 Å². The number of amides is 2. The predicted octanol–water partition coefficient (Wildman–Crippen LogP) is 2.26. The summed E-state index contributed by atoms with van der Waals surface area (Å²) in [6.07, 6.45) is 1.98. The van der Waals surface area contributed by atoms with E-state index in [0.717, 1.165) is 0 Å². The summed E-state index contributed by atoms with van der Waals surface area (Å²) in [5, 5.41) is 14.4. The van der Waals surface area contributed by atoms with Gasteiger partial charge in [0.15, 0.2) is 0 Å². The van der Waals surface area contributed by atoms with Gasteiger partial charge >= 0.3 is 12.0 Å². The van der Waals surface area contributed by atoms with E-state index in [1.807, 2.05) is 13.2 Å². The second-order valence-electron chi connectivity index (χ2n) is 3.76. The number of nitrogens with one attached hydrogen (secondary N) is 2. The smallest absolute Gasteiger partial charge is 0.335 e. The molecule has 6 heteroatoms. The van der Waals surface area contributed by atoms with Crippen LogP contribution in [0, 0.1) is 0 Å². The van der Waals surface area contributed by atoms with Crippen LogP contribution >= 0.6 is 11.8 Å². The van der Waals surface area contributed by atoms with E-state index in [0.29, 0.717) is 17.5 Å². The summed E-state index contributed by atoms with van der Waals surface area (Å²) in [5.41, 5.74) is 0.756. The van der Waals surface area contributed by atoms with Crippen LogP contribution in [0.25, 0.3) is 0 Å². The Hall–Kier alpha value is -1.69. The fourth-order valence-electron chi connectivity index (χ4n) is 1.19. The summed E-state index contributed by atoms with van der Waals surface area (Å²) in [4.78, 5) is 22.1. The van der Waals surface area contributed by atoms with Crippen molar-refractivity contribution in [2.75, 3.05) is 18.1 Å². The number of aromatic carboxylic acids is 1. The molecule has 5 nitrogen and oxygen atoms in total. The highest BCUT2D eigenvalue weighted by molar-refractivity contribution is 7.99. The normalized spacial score (nSPS) is 11.7. The summed E-state index contributed by atoms with van der Waals surface area (Å²) in [6.45, 7) is 2.60. The molecule has 1 atom stereocenters. The lowest BCUT2D eigenvalue weighted by molar-refractivity contribution is 0.0697. The molecule has 0 radical (unpaired) electrons. The number of carboxylic acid groups (broad SMARTS) is 1. The van der Waals surface area contributed by atoms with Crippen LogP contribution in [0.3, 0.4) is 0 Å². The van der Waals surface area contributed by atoms with Crippen molar-refractivity contribution < 1.29 is 14.7 Å². The molecule has 0 aromatic heterocycles. The second kappa shape index (κ2) is 6.90. The Labute approximate surface area is 110 Å². The first kappa shape index (κ1) is 14.4. The molecule has 2 amide bonds. The van der Waals surface area contributed by atoms with Gasteiger partial charge in [0.2, 0.25) is 0 Å². The van der Waals surface area contributed by atoms with Crippen molar-refractivity contribution in [3.63, 3.8) is 0 Å². The van der Waals surface area contributed by atoms with Gasteiger partial charge in [0.1, 0.15) is 0 Å². The Balaban J connectivity index is 2.47. The molecule has 1 aromatic rings. The van der Waals surface area contributed by atoms with E-state index >= 15 is 0 Å². The number of hydrogen-bond acceptors (Lipinski definition) is 3. The lowest BCUT2D eigenvalue weighted by Crippen LogP contribution is -2.33. The van der Waals surface area contributed by atoms with Crippen LogP contribution in [-0.4, -0.2) is 35.2 Å². The van der Waals surface area contributed by atoms with E-state index in [9.17, 15) is 9.59 Å². The molecule has 0 aliphatic heterocycles. The Morgan fingerprint density at radius 2 is 1.94 bits per heavy atom. The van der Waals surface area contributed by atoms with Crippen molar-refractivity contribution in [3.8, 4) is 0 Å². The lowest BCUT2D eigenvalue weighted by atomic mass is 10.2. The van der Waals surface area contributed by atoms with Gasteiger partial charge in [-0.2, -0.15) is 11.8 Å². The highest BCUT2D eigenvalue weighted by Gasteiger charge is 2.05. The largest absolute Gasteiger partial charge is 0.478 e. The number of anilines is 1. The second-order valence-corrected chi connectivity index (χ2v) is 5.04. The van der Waals surface area contributed by atoms with Gasteiger partial charge in [-0.15, -0.1) is 0 Å². The van der Waals surface area contributed by atoms with Crippen LogP contribution < -0.4 is 10.6 Å². The number of carboxylic acids is 1. The monoisotopic (exact) mass is 268 g/mol. The van der Waals surface area contributed by atoms with Gasteiger partial charge in [-0.05, 0) is 30.5 Å². The van der Waals surface area contributed by atoms with Gasteiger partial charge in [0, 0.05) is 17.5 Å². The molecular formula is C12H16N2O3S. The summed E-state index contributed by atoms with van der Waals surface area (Å²) in [6, 6.07) is 5.71. The Morgan fingerprint density at radius 3 is 2.44 bits per heavy atom. The molecule has 18 heavy (non-hydrogen) atoms. The zero-order valence-corrected chi connectivity index (χ0v) is 11.1. The average molecular weight is 268 g/mol. The molecule has 0 saturated carbocycles. The van der Waals surface area contributed by atoms with Crippen LogP contribution in [-0.2, 0) is 0 Å². The fourth-order valence-corrected chi connectivity index (χ4v) is 1.44. The maximum absolute atomic E-state index is 11.5. The Bertz CT molecular complexity index is 420. The van der Waals surface area contributed by atoms with E-state index in [4.69, 9.17) is 5.11 Å². The maximum Gasteiger partial charge on any atom is 0.335 e. The zero-order chi connectivity index (χ0) is 13.5. The molecule has 0 heterocycles. The van der Waals surface area contributed by atoms with E-state index in [1.165, 1.54) is 12.1 Å². The molecule has 3 N–H and O–H groups in total. The molecule has 0 bridgehead atoms. The van der Waals surface area contributed by atoms with Gasteiger partial charge in [0.25, 0.3) is 0 Å². The fraction of sp³-hybridized carbons (Fsp3) is 0.333. The predicted molar refractivity (Wildman–Crippen MR) is 73.4 cm³/mol. The van der Waals surface area contributed by atoms with Gasteiger partial charge in [-0.3, -0.25) is 0 Å². The molecule has 1 aromatic carbocycles. The molecule has 1 rings (SSSR count). The van der Waals surface area contributed by atoms with Crippen molar-refractivity contribution in [3.05, 3.63) is 29.8 Å². The Morgan fingerprint density at radius 1 is 1.33 bits per heavy atom. The van der Waals surface area contributed by atoms with Crippen LogP contribution in [0.2, 0.25) is 0 Å². The van der Waals surface area contributed by atoms with Crippen molar-refractivity contribution >= 4 is 29.4 Å². The zero-order valence-electron chi connectivity index (χ0n) is 10.3. The van der Waals surface area contributed by atoms with E-state index in [1.54, 1.807) is 23.9 Å². The third-order valence-electron chi connectivity index (χ3n) is 2.34. The summed E-state index contributed by atoms with van der Waals surface area (Å²) >= 11 is 1.67. The van der Waals surface area contributed by atoms with Crippen molar-refractivity contribution in [1.82, 2.24) is 5.32 Å². The van der Waals surface area contributed by atoms with Crippen LogP contribution in [0.1, 0.15) is 17.3 Å². The van der Waals surface area contributed by atoms with Gasteiger partial charge in [0.05, 0.1) is 5.56 Å². The first-order valence-electron chi connectivity index (χ1n) is 5.44. The highest BCUT2D eigenvalue weighted by Crippen LogP contribution is 2.09. The van der Waals surface area contributed by atoms with Crippen molar-refractivity contribution in [2.24, 2.45) is 0 Å². The third kappa shape index (κ3) is 4.67. The quantitative estimate of drug-likeness (QED) is 0.765. The third-order valence-corrected chi connectivity index (χ3v) is 3.31. The minimum atomic E-state index is -0.986. The number of hydrogen-bond donors (Lipinski definition) is 3. The Kier molecular flexibility index (Phi) is 5.51. The standard InChI is InChI=1S/C12H16N2O3S/c1-8(18-2)7-13-12(17)14-10-5-3-9(4-6-10)11(15)16/h3-6,8H,7H2,1-2H3,(H,15,16)(H2,13,14,17). The number of urea groups is 1. The van der Waals surface area contributed by atoms with Gasteiger partial charge < -0.3 is 15.7 Å². The first-order chi connectivity index (χ1) is 8.52. The number of rotatable bonds is 5. The van der Waals surface area contributed by atoms with Crippen LogP contribution in [0.15, 0.2) is 24.3 Å². The van der Waals surface area contributed by atoms with Crippen LogP contribution in [0.4, 0.5) is 10.5 Å². The molecule has 0 spiro atoms. The summed E-state index contributed by atoms with van der Waals surface area (Å²) in [5.74, 6) is -0.986. The van der Waals surface area contributed by atoms with Crippen LogP contribution in [0.5, 0.6) is 0 Å². The maximum atomic E-state index is 11.5. The number of carbonyl (C=O) groups is 2. The number of benzene rings is 1. The SMILES string of the molecule is CSC(C)CNC(=O)Nc1ccc(C(=O)O)cc1. The molecule has 0 aliphatic carbocycles. The number of carbonyl (C=O) groups excluding carboxylic acids is 1. The topological polar surface area (TPSA) is 78.4 Å². The van der Waals surface area contributed by atoms with Crippen molar-refractivity contribution in [1.29, 1.82) is 0 Å². The molecule has 0 saturated heterocycles. The first-order valence-corrected chi connectivity index (χ1v) is 6.72. The van der Waals surface area contributed by atoms with Crippen molar-refractivity contribution in [2.45, 2.75) is 12.2 Å². The number of thioether (sulfide) groups is 1. The van der Waals surface area contributed by atoms with Gasteiger partial charge in [-0.1, -0.05) is 6.92 Å². The lowest BCUT2D eigenvalue weighted by Gasteiger charge is -2.11. The molecular weight excluding hydrogens is 252 g/mol. The average Bonchev–Trinajstić information content (AvgIpc) is 2.36. The molecule has 1 unspecified atom stereocenters. The minimum Gasteiger partial charge on any atom is -0.478 e. The summed E-state index contributed by atoms with van der Waals surface area (Å²) < 4.78 is 0. The van der Waals surface area contributed by atoms with E-state index < -0.39 is 5.97 Å². The van der Waals surface area contributed by atoms with Gasteiger partial charge in [-0.25, -0.2) is 9.59 Å².